The van der Waals surface area contributed by atoms with Gasteiger partial charge in [0.25, 0.3) is 5.91 Å². The molecule has 1 aromatic rings. The summed E-state index contributed by atoms with van der Waals surface area (Å²) in [5.41, 5.74) is 5.32. The van der Waals surface area contributed by atoms with E-state index in [1.807, 2.05) is 0 Å². The van der Waals surface area contributed by atoms with Crippen LogP contribution >= 0.6 is 11.8 Å². The number of nitrogens with two attached hydrogens (primary N) is 1. The number of carboxylic acid groups (broad SMARTS) is 1. The van der Waals surface area contributed by atoms with E-state index in [1.54, 1.807) is 29.1 Å². The fourth-order valence-corrected chi connectivity index (χ4v) is 4.82. The number of thioether (sulfide) groups is 1. The molecule has 150 valence electrons. The molecule has 0 spiro atoms. The molecule has 1 saturated heterocycles. The van der Waals surface area contributed by atoms with E-state index in [2.05, 4.69) is 0 Å². The summed E-state index contributed by atoms with van der Waals surface area (Å²) in [6.45, 7) is 0.689. The summed E-state index contributed by atoms with van der Waals surface area (Å²) < 4.78 is 15.4. The van der Waals surface area contributed by atoms with Crippen molar-refractivity contribution in [3.63, 3.8) is 0 Å². The number of carbonyl (C=O) groups excluding carboxylic acids is 2. The van der Waals surface area contributed by atoms with E-state index in [4.69, 9.17) is 5.73 Å². The van der Waals surface area contributed by atoms with Crippen LogP contribution in [0.5, 0.6) is 0 Å². The van der Waals surface area contributed by atoms with Gasteiger partial charge in [-0.2, -0.15) is 4.57 Å². The van der Waals surface area contributed by atoms with E-state index in [9.17, 15) is 29.0 Å². The number of carbonyl (C=O) groups is 3. The van der Waals surface area contributed by atoms with E-state index in [0.29, 0.717) is 5.57 Å². The van der Waals surface area contributed by atoms with Gasteiger partial charge >= 0.3 is 5.97 Å². The molecule has 3 heterocycles. The monoisotopic (exact) mass is 410 g/mol. The first-order valence-corrected chi connectivity index (χ1v) is 9.68. The van der Waals surface area contributed by atoms with Gasteiger partial charge in [0.15, 0.2) is 12.4 Å². The number of carboxylic acids is 1. The molecule has 4 atom stereocenters. The number of hydrogen-bond donors (Lipinski definition) is 3. The number of aliphatic hydroxyl groups excluding tert-OH is 1. The number of nitrogens with zero attached hydrogens (tertiary/aromatic N) is 2. The maximum absolute atomic E-state index is 13.8. The van der Waals surface area contributed by atoms with Crippen molar-refractivity contribution in [3.8, 4) is 0 Å². The lowest BCUT2D eigenvalue weighted by Crippen LogP contribution is -2.64. The maximum atomic E-state index is 13.8. The van der Waals surface area contributed by atoms with Gasteiger partial charge in [0.1, 0.15) is 5.70 Å². The zero-order valence-electron chi connectivity index (χ0n) is 15.1. The van der Waals surface area contributed by atoms with Crippen LogP contribution in [0.15, 0.2) is 40.7 Å². The van der Waals surface area contributed by atoms with E-state index in [-0.39, 0.29) is 18.0 Å². The third kappa shape index (κ3) is 3.49. The molecule has 0 radical (unpaired) electrons. The maximum Gasteiger partial charge on any atom is 0.352 e. The Kier molecular flexibility index (Phi) is 5.71. The number of aliphatic hydroxyl groups is 1. The third-order valence-corrected chi connectivity index (χ3v) is 6.14. The normalized spacial score (nSPS) is 24.8. The number of hydrogen-bond acceptors (Lipinski definition) is 5. The Balaban J connectivity index is 1.80. The SMILES string of the molecule is C[C@@H](O)[C@H]1C(=O)N2C(C(=O)O)=C(CSc3cc[n+](CC(N)=O)cc3)[C@H](CF)[C@H]12. The Labute approximate surface area is 164 Å². The summed E-state index contributed by atoms with van der Waals surface area (Å²) in [4.78, 5) is 36.9. The van der Waals surface area contributed by atoms with Gasteiger partial charge in [0, 0.05) is 28.7 Å². The van der Waals surface area contributed by atoms with Gasteiger partial charge in [-0.3, -0.25) is 14.0 Å². The van der Waals surface area contributed by atoms with Gasteiger partial charge in [0.2, 0.25) is 12.5 Å². The Bertz CT molecular complexity index is 842. The van der Waals surface area contributed by atoms with Gasteiger partial charge in [-0.15, -0.1) is 11.8 Å². The lowest BCUT2D eigenvalue weighted by Gasteiger charge is -2.46. The van der Waals surface area contributed by atoms with Crippen molar-refractivity contribution in [3.05, 3.63) is 35.8 Å². The van der Waals surface area contributed by atoms with E-state index in [1.165, 1.54) is 18.7 Å². The quantitative estimate of drug-likeness (QED) is 0.307. The van der Waals surface area contributed by atoms with Crippen molar-refractivity contribution in [1.29, 1.82) is 0 Å². The number of aromatic nitrogens is 1. The number of aliphatic carboxylic acids is 1. The minimum absolute atomic E-state index is 0.0443. The topological polar surface area (TPSA) is 125 Å². The number of halogens is 1. The van der Waals surface area contributed by atoms with Crippen molar-refractivity contribution < 1.29 is 33.6 Å². The number of alkyl halides is 1. The summed E-state index contributed by atoms with van der Waals surface area (Å²) in [5, 5.41) is 19.4. The second-order valence-corrected chi connectivity index (χ2v) is 7.91. The number of β-lactam (4-membered cyclic amide) rings is 1. The molecular formula is C18H21FN3O5S+. The number of primary amides is 1. The molecule has 0 aromatic carbocycles. The predicted octanol–water partition coefficient (Wildman–Crippen LogP) is -0.303. The zero-order chi connectivity index (χ0) is 20.6. The van der Waals surface area contributed by atoms with Crippen LogP contribution in [0.2, 0.25) is 0 Å². The summed E-state index contributed by atoms with van der Waals surface area (Å²) in [7, 11) is 0. The molecule has 0 aliphatic carbocycles. The first-order valence-electron chi connectivity index (χ1n) is 8.70. The molecule has 10 heteroatoms. The van der Waals surface area contributed by atoms with Crippen molar-refractivity contribution in [1.82, 2.24) is 4.90 Å². The summed E-state index contributed by atoms with van der Waals surface area (Å²) in [5.74, 6) is -3.57. The molecule has 28 heavy (non-hydrogen) atoms. The minimum atomic E-state index is -1.28. The first-order chi connectivity index (χ1) is 13.3. The van der Waals surface area contributed by atoms with Crippen LogP contribution in [0.4, 0.5) is 4.39 Å². The van der Waals surface area contributed by atoms with Crippen LogP contribution in [-0.2, 0) is 20.9 Å². The van der Waals surface area contributed by atoms with Gasteiger partial charge in [-0.05, 0) is 12.5 Å². The highest BCUT2D eigenvalue weighted by molar-refractivity contribution is 7.99. The Morgan fingerprint density at radius 1 is 1.39 bits per heavy atom. The molecule has 0 bridgehead atoms. The van der Waals surface area contributed by atoms with Crippen molar-refractivity contribution >= 4 is 29.5 Å². The van der Waals surface area contributed by atoms with E-state index < -0.39 is 48.4 Å². The fraction of sp³-hybridized carbons (Fsp3) is 0.444. The average molecular weight is 410 g/mol. The number of amides is 2. The van der Waals surface area contributed by atoms with Gasteiger partial charge in [0.05, 0.1) is 24.7 Å². The summed E-state index contributed by atoms with van der Waals surface area (Å²) in [6.07, 6.45) is 2.36. The molecule has 8 nitrogen and oxygen atoms in total. The minimum Gasteiger partial charge on any atom is -0.477 e. The highest BCUT2D eigenvalue weighted by Gasteiger charge is 2.60. The highest BCUT2D eigenvalue weighted by Crippen LogP contribution is 2.48. The molecule has 0 saturated carbocycles. The molecule has 1 aromatic heterocycles. The molecule has 2 aliphatic heterocycles. The molecular weight excluding hydrogens is 389 g/mol. The van der Waals surface area contributed by atoms with Crippen LogP contribution in [0.3, 0.4) is 0 Å². The Hall–Kier alpha value is -2.46. The number of pyridine rings is 1. The van der Waals surface area contributed by atoms with Crippen LogP contribution in [0.1, 0.15) is 6.92 Å². The average Bonchev–Trinajstić information content (AvgIpc) is 2.90. The molecule has 2 amide bonds. The third-order valence-electron chi connectivity index (χ3n) is 5.08. The standard InChI is InChI=1S/C18H20FN3O5S/c1-9(23)14-15-11(6-19)12(16(18(26)27)22(15)17(14)25)8-28-10-2-4-21(5-3-10)7-13(20)24/h2-5,9,11,14-15,23H,6-8H2,1H3,(H2-,20,24,26,27)/p+1/t9-,11+,14-,15-/m1/s1. The second-order valence-electron chi connectivity index (χ2n) is 6.87. The first kappa shape index (κ1) is 20.3. The zero-order valence-corrected chi connectivity index (χ0v) is 15.9. The fourth-order valence-electron chi connectivity index (χ4n) is 3.84. The van der Waals surface area contributed by atoms with Gasteiger partial charge < -0.3 is 20.8 Å². The second kappa shape index (κ2) is 7.88. The van der Waals surface area contributed by atoms with Crippen LogP contribution in [0, 0.1) is 11.8 Å². The summed E-state index contributed by atoms with van der Waals surface area (Å²) in [6, 6.07) is 2.83. The number of fused-ring (bicyclic) bond motifs is 1. The van der Waals surface area contributed by atoms with Crippen molar-refractivity contribution in [2.24, 2.45) is 17.6 Å². The smallest absolute Gasteiger partial charge is 0.352 e. The van der Waals surface area contributed by atoms with Crippen LogP contribution < -0.4 is 10.3 Å². The highest BCUT2D eigenvalue weighted by atomic mass is 32.2. The summed E-state index contributed by atoms with van der Waals surface area (Å²) >= 11 is 1.31. The molecule has 2 aliphatic rings. The molecule has 3 rings (SSSR count). The molecule has 0 unspecified atom stereocenters. The van der Waals surface area contributed by atoms with E-state index in [0.717, 1.165) is 9.80 Å². The number of rotatable bonds is 8. The van der Waals surface area contributed by atoms with Gasteiger partial charge in [-0.1, -0.05) is 0 Å². The van der Waals surface area contributed by atoms with Crippen LogP contribution in [0.25, 0.3) is 0 Å². The van der Waals surface area contributed by atoms with E-state index >= 15 is 0 Å². The Morgan fingerprint density at radius 3 is 2.54 bits per heavy atom. The predicted molar refractivity (Wildman–Crippen MR) is 96.5 cm³/mol. The largest absolute Gasteiger partial charge is 0.477 e. The van der Waals surface area contributed by atoms with Gasteiger partial charge in [-0.25, -0.2) is 4.79 Å². The van der Waals surface area contributed by atoms with Crippen molar-refractivity contribution in [2.75, 3.05) is 12.4 Å². The van der Waals surface area contributed by atoms with Crippen LogP contribution in [-0.4, -0.2) is 57.5 Å². The van der Waals surface area contributed by atoms with Crippen molar-refractivity contribution in [2.45, 2.75) is 30.5 Å². The lowest BCUT2D eigenvalue weighted by molar-refractivity contribution is -0.684. The Morgan fingerprint density at radius 2 is 2.04 bits per heavy atom. The molecule has 1 fully saturated rings. The lowest BCUT2D eigenvalue weighted by atomic mass is 9.77. The molecule has 4 N–H and O–H groups in total.